The maximum atomic E-state index is 14.1. The van der Waals surface area contributed by atoms with Crippen molar-refractivity contribution in [1.82, 2.24) is 9.80 Å². The highest BCUT2D eigenvalue weighted by molar-refractivity contribution is 9.09. The number of rotatable bonds is 14. The van der Waals surface area contributed by atoms with Crippen LogP contribution in [0.5, 0.6) is 0 Å². The maximum absolute atomic E-state index is 14.1. The summed E-state index contributed by atoms with van der Waals surface area (Å²) in [6.07, 6.45) is 8.46. The van der Waals surface area contributed by atoms with Gasteiger partial charge in [0.2, 0.25) is 11.8 Å². The number of aliphatic hydroxyl groups excluding tert-OH is 1. The van der Waals surface area contributed by atoms with Gasteiger partial charge >= 0.3 is 5.97 Å². The number of esters is 1. The summed E-state index contributed by atoms with van der Waals surface area (Å²) < 4.78 is 4.87. The molecule has 7 atom stereocenters. The fraction of sp³-hybridized carbons (Fsp3) is 0.731. The average molecular weight is 572 g/mol. The minimum atomic E-state index is -0.739. The van der Waals surface area contributed by atoms with E-state index in [0.717, 1.165) is 25.7 Å². The van der Waals surface area contributed by atoms with E-state index in [2.05, 4.69) is 36.0 Å². The number of carbonyl (C=O) groups is 3. The van der Waals surface area contributed by atoms with Crippen LogP contribution in [-0.2, 0) is 19.1 Å². The van der Waals surface area contributed by atoms with E-state index >= 15 is 0 Å². The summed E-state index contributed by atoms with van der Waals surface area (Å²) in [6, 6.07) is -1.27. The third-order valence-electron chi connectivity index (χ3n) is 7.46. The largest absolute Gasteiger partial charge is 0.465 e. The van der Waals surface area contributed by atoms with Gasteiger partial charge in [-0.2, -0.15) is 0 Å². The number of aliphatic hydroxyl groups is 1. The number of thioether (sulfide) groups is 1. The standard InChI is InChI=1S/C26H39BrN2O5S/c1-5-8-10-13-28(12-7-3)24(32)22-26-15-18(27)21(35-26)19(25(33)34-14-11-9-6-2)20(26)23(31)29(22)17(4)16-30/h6-7,17-22,30H,2-3,5,8-16H2,1,4H3/t17-,18?,19-,20+,21-,22?,26?/m1/s1. The first-order chi connectivity index (χ1) is 16.8. The second-order valence-electron chi connectivity index (χ2n) is 9.82. The minimum absolute atomic E-state index is 0.00472. The van der Waals surface area contributed by atoms with Crippen molar-refractivity contribution in [3.8, 4) is 0 Å². The van der Waals surface area contributed by atoms with Crippen LogP contribution in [0, 0.1) is 11.8 Å². The molecule has 35 heavy (non-hydrogen) atoms. The molecule has 0 aromatic carbocycles. The molecule has 2 bridgehead atoms. The number of unbranched alkanes of at least 4 members (excludes halogenated alkanes) is 3. The van der Waals surface area contributed by atoms with Crippen LogP contribution in [0.2, 0.25) is 0 Å². The van der Waals surface area contributed by atoms with Gasteiger partial charge in [-0.15, -0.1) is 24.9 Å². The van der Waals surface area contributed by atoms with E-state index in [4.69, 9.17) is 4.74 Å². The molecule has 3 heterocycles. The van der Waals surface area contributed by atoms with Crippen LogP contribution in [0.3, 0.4) is 0 Å². The van der Waals surface area contributed by atoms with Crippen LogP contribution in [0.1, 0.15) is 52.4 Å². The van der Waals surface area contributed by atoms with Gasteiger partial charge in [-0.3, -0.25) is 14.4 Å². The molecule has 3 unspecified atom stereocenters. The number of allylic oxidation sites excluding steroid dienone is 1. The van der Waals surface area contributed by atoms with Gasteiger partial charge in [0.05, 0.1) is 35.8 Å². The monoisotopic (exact) mass is 570 g/mol. The van der Waals surface area contributed by atoms with E-state index in [0.29, 0.717) is 25.9 Å². The van der Waals surface area contributed by atoms with E-state index < -0.39 is 28.7 Å². The highest BCUT2D eigenvalue weighted by Crippen LogP contribution is 2.68. The smallest absolute Gasteiger partial charge is 0.310 e. The molecule has 3 aliphatic heterocycles. The quantitative estimate of drug-likeness (QED) is 0.149. The van der Waals surface area contributed by atoms with Gasteiger partial charge in [-0.1, -0.05) is 47.8 Å². The van der Waals surface area contributed by atoms with Crippen LogP contribution in [0.25, 0.3) is 0 Å². The molecule has 2 amide bonds. The zero-order valence-electron chi connectivity index (χ0n) is 20.9. The van der Waals surface area contributed by atoms with Gasteiger partial charge in [0.25, 0.3) is 0 Å². The Morgan fingerprint density at radius 1 is 1.34 bits per heavy atom. The Kier molecular flexibility index (Phi) is 9.91. The van der Waals surface area contributed by atoms with E-state index in [1.165, 1.54) is 0 Å². The Morgan fingerprint density at radius 2 is 2.09 bits per heavy atom. The zero-order valence-corrected chi connectivity index (χ0v) is 23.3. The van der Waals surface area contributed by atoms with Crippen molar-refractivity contribution in [2.45, 2.75) is 79.3 Å². The predicted molar refractivity (Wildman–Crippen MR) is 142 cm³/mol. The maximum Gasteiger partial charge on any atom is 0.310 e. The first kappa shape index (κ1) is 28.3. The Morgan fingerprint density at radius 3 is 2.71 bits per heavy atom. The third kappa shape index (κ3) is 5.23. The molecule has 3 aliphatic rings. The lowest BCUT2D eigenvalue weighted by atomic mass is 9.71. The molecule has 3 fully saturated rings. The number of carbonyl (C=O) groups excluding carboxylic acids is 3. The summed E-state index contributed by atoms with van der Waals surface area (Å²) in [5.41, 5.74) is 0. The number of amides is 2. The van der Waals surface area contributed by atoms with Gasteiger partial charge in [0, 0.05) is 23.2 Å². The van der Waals surface area contributed by atoms with Gasteiger partial charge in [-0.25, -0.2) is 0 Å². The summed E-state index contributed by atoms with van der Waals surface area (Å²) in [5, 5.41) is 9.87. The normalized spacial score (nSPS) is 31.8. The molecule has 3 saturated heterocycles. The van der Waals surface area contributed by atoms with Gasteiger partial charge < -0.3 is 19.6 Å². The van der Waals surface area contributed by atoms with Gasteiger partial charge in [0.15, 0.2) is 0 Å². The lowest BCUT2D eigenvalue weighted by Gasteiger charge is -2.39. The number of fused-ring (bicyclic) bond motifs is 1. The van der Waals surface area contributed by atoms with Gasteiger partial charge in [-0.05, 0) is 32.6 Å². The van der Waals surface area contributed by atoms with Crippen molar-refractivity contribution >= 4 is 45.5 Å². The number of hydrogen-bond acceptors (Lipinski definition) is 6. The first-order valence-corrected chi connectivity index (χ1v) is 14.5. The Labute approximate surface area is 221 Å². The number of alkyl halides is 1. The molecule has 0 aromatic rings. The van der Waals surface area contributed by atoms with Crippen LogP contribution in [-0.4, -0.2) is 85.9 Å². The van der Waals surface area contributed by atoms with Crippen LogP contribution in [0.15, 0.2) is 25.3 Å². The summed E-state index contributed by atoms with van der Waals surface area (Å²) in [7, 11) is 0. The van der Waals surface area contributed by atoms with E-state index in [1.807, 2.05) is 0 Å². The molecule has 0 aromatic heterocycles. The highest BCUT2D eigenvalue weighted by Gasteiger charge is 2.76. The summed E-state index contributed by atoms with van der Waals surface area (Å²) >= 11 is 5.35. The first-order valence-electron chi connectivity index (χ1n) is 12.7. The molecule has 0 saturated carbocycles. The second-order valence-corrected chi connectivity index (χ2v) is 12.5. The van der Waals surface area contributed by atoms with Crippen LogP contribution in [0.4, 0.5) is 0 Å². The molecule has 3 rings (SSSR count). The Balaban J connectivity index is 1.96. The Bertz CT molecular complexity index is 826. The Hall–Kier alpha value is -1.32. The number of hydrogen-bond donors (Lipinski definition) is 1. The molecule has 9 heteroatoms. The molecule has 0 aliphatic carbocycles. The number of likely N-dealkylation sites (tertiary alicyclic amines) is 1. The summed E-state index contributed by atoms with van der Waals surface area (Å²) in [6.45, 7) is 12.4. The lowest BCUT2D eigenvalue weighted by molar-refractivity contribution is -0.154. The second kappa shape index (κ2) is 12.3. The van der Waals surface area contributed by atoms with Gasteiger partial charge in [0.1, 0.15) is 6.04 Å². The van der Waals surface area contributed by atoms with Crippen LogP contribution >= 0.6 is 27.7 Å². The SMILES string of the molecule is C=CCCCOC(=O)[C@H]1[C@@H]2SC3(CC2Br)C(C(=O)N(CC=C)CCCCC)N([C@H](C)CO)C(=O)[C@H]13. The van der Waals surface area contributed by atoms with Crippen LogP contribution < -0.4 is 0 Å². The highest BCUT2D eigenvalue weighted by atomic mass is 79.9. The van der Waals surface area contributed by atoms with Crippen molar-refractivity contribution in [1.29, 1.82) is 0 Å². The zero-order chi connectivity index (χ0) is 25.8. The number of ether oxygens (including phenoxy) is 1. The predicted octanol–water partition coefficient (Wildman–Crippen LogP) is 3.55. The molecule has 196 valence electrons. The molecule has 1 spiro atoms. The molecule has 0 radical (unpaired) electrons. The van der Waals surface area contributed by atoms with Crippen molar-refractivity contribution < 1.29 is 24.2 Å². The summed E-state index contributed by atoms with van der Waals surface area (Å²) in [4.78, 5) is 44.6. The van der Waals surface area contributed by atoms with E-state index in [1.54, 1.807) is 40.6 Å². The average Bonchev–Trinajstić information content (AvgIpc) is 3.43. The minimum Gasteiger partial charge on any atom is -0.465 e. The fourth-order valence-electron chi connectivity index (χ4n) is 5.85. The van der Waals surface area contributed by atoms with E-state index in [9.17, 15) is 19.5 Å². The van der Waals surface area contributed by atoms with Crippen molar-refractivity contribution in [2.75, 3.05) is 26.3 Å². The molecular weight excluding hydrogens is 532 g/mol. The molecule has 1 N–H and O–H groups in total. The van der Waals surface area contributed by atoms with E-state index in [-0.39, 0.29) is 41.1 Å². The molecule has 7 nitrogen and oxygen atoms in total. The van der Waals surface area contributed by atoms with Crippen molar-refractivity contribution in [3.63, 3.8) is 0 Å². The molecular formula is C26H39BrN2O5S. The summed E-state index contributed by atoms with van der Waals surface area (Å²) in [5.74, 6) is -1.97. The van der Waals surface area contributed by atoms with Crippen molar-refractivity contribution in [3.05, 3.63) is 25.3 Å². The topological polar surface area (TPSA) is 87.2 Å². The number of halogens is 1. The number of nitrogens with zero attached hydrogens (tertiary/aromatic N) is 2. The lowest BCUT2D eigenvalue weighted by Crippen LogP contribution is -2.57. The third-order valence-corrected chi connectivity index (χ3v) is 10.7. The van der Waals surface area contributed by atoms with Crippen molar-refractivity contribution in [2.24, 2.45) is 11.8 Å². The fourth-order valence-corrected chi connectivity index (χ4v) is 9.43.